The molecule has 1 atom stereocenters. The van der Waals surface area contributed by atoms with Crippen molar-refractivity contribution in [3.05, 3.63) is 0 Å². The molecule has 0 amide bonds. The lowest BCUT2D eigenvalue weighted by atomic mass is 10.4. The quantitative estimate of drug-likeness (QED) is 0.489. The summed E-state index contributed by atoms with van der Waals surface area (Å²) in [5, 5.41) is 17.8. The molecule has 0 aliphatic carbocycles. The number of carboxylic acid groups (broad SMARTS) is 2. The van der Waals surface area contributed by atoms with Crippen LogP contribution in [0, 0.1) is 0 Å². The summed E-state index contributed by atoms with van der Waals surface area (Å²) in [4.78, 5) is 19.6. The van der Waals surface area contributed by atoms with Crippen molar-refractivity contribution in [3.8, 4) is 0 Å². The lowest BCUT2D eigenvalue weighted by Gasteiger charge is -2.17. The molecule has 0 rings (SSSR count). The van der Waals surface area contributed by atoms with Crippen molar-refractivity contribution in [3.63, 3.8) is 0 Å². The summed E-state index contributed by atoms with van der Waals surface area (Å²) < 4.78 is 8.05. The molecule has 0 spiro atoms. The maximum atomic E-state index is 9.82. The lowest BCUT2D eigenvalue weighted by Crippen LogP contribution is -2.33. The van der Waals surface area contributed by atoms with Gasteiger partial charge in [0.05, 0.1) is 6.10 Å². The molecule has 70 valence electrons. The molecule has 0 radical (unpaired) electrons. The van der Waals surface area contributed by atoms with E-state index >= 15 is 0 Å². The second-order valence-corrected chi connectivity index (χ2v) is 2.03. The summed E-state index contributed by atoms with van der Waals surface area (Å²) >= 11 is 5.21. The van der Waals surface area contributed by atoms with Gasteiger partial charge in [-0.1, -0.05) is 0 Å². The van der Waals surface area contributed by atoms with E-state index in [9.17, 15) is 14.7 Å². The van der Waals surface area contributed by atoms with Gasteiger partial charge in [0.15, 0.2) is 0 Å². The van der Waals surface area contributed by atoms with Gasteiger partial charge in [-0.25, -0.2) is 4.79 Å². The van der Waals surface area contributed by atoms with Gasteiger partial charge in [0.1, 0.15) is 6.61 Å². The molecule has 0 aromatic heterocycles. The molecule has 12 heavy (non-hydrogen) atoms. The van der Waals surface area contributed by atoms with E-state index in [2.05, 4.69) is 9.47 Å². The average molecular weight is 198 g/mol. The number of hydrogen-bond donors (Lipinski definition) is 1. The molecule has 0 aliphatic heterocycles. The van der Waals surface area contributed by atoms with Crippen molar-refractivity contribution >= 4 is 23.9 Å². The summed E-state index contributed by atoms with van der Waals surface area (Å²) in [5.74, 6) is -0.193. The van der Waals surface area contributed by atoms with Gasteiger partial charge in [0, 0.05) is 5.88 Å². The highest BCUT2D eigenvalue weighted by atomic mass is 35.5. The Morgan fingerprint density at radius 2 is 2.17 bits per heavy atom. The Bertz CT molecular complexity index is 169. The average Bonchev–Trinajstić information content (AvgIpc) is 1.97. The molecule has 0 fully saturated rings. The monoisotopic (exact) mass is 197 g/mol. The van der Waals surface area contributed by atoms with Crippen LogP contribution in [0.15, 0.2) is 0 Å². The van der Waals surface area contributed by atoms with Crippen LogP contribution in [-0.4, -0.2) is 36.0 Å². The summed E-state index contributed by atoms with van der Waals surface area (Å²) in [7, 11) is 0. The van der Waals surface area contributed by atoms with Crippen LogP contribution in [0.2, 0.25) is 0 Å². The number of alkyl halides is 1. The van der Waals surface area contributed by atoms with Gasteiger partial charge in [-0.3, -0.25) is 0 Å². The fraction of sp³-hybridized carbons (Fsp3) is 0.600. The highest BCUT2D eigenvalue weighted by molar-refractivity contribution is 6.18. The Morgan fingerprint density at radius 3 is 2.50 bits per heavy atom. The van der Waals surface area contributed by atoms with Crippen LogP contribution in [-0.2, 0) is 9.47 Å². The minimum atomic E-state index is -1.77. The van der Waals surface area contributed by atoms with Crippen LogP contribution in [0.4, 0.5) is 9.59 Å². The van der Waals surface area contributed by atoms with Crippen LogP contribution in [0.1, 0.15) is 0 Å². The molecule has 0 saturated heterocycles. The minimum absolute atomic E-state index is 0.193. The lowest BCUT2D eigenvalue weighted by molar-refractivity contribution is -0.287. The van der Waals surface area contributed by atoms with Gasteiger partial charge in [0.2, 0.25) is 0 Å². The van der Waals surface area contributed by atoms with Gasteiger partial charge in [0.25, 0.3) is 6.16 Å². The van der Waals surface area contributed by atoms with Gasteiger partial charge in [-0.2, -0.15) is 0 Å². The zero-order chi connectivity index (χ0) is 9.56. The smallest absolute Gasteiger partial charge is 0.505 e. The van der Waals surface area contributed by atoms with E-state index in [4.69, 9.17) is 16.7 Å². The second-order valence-electron chi connectivity index (χ2n) is 1.72. The number of carbonyl (C=O) groups excluding carboxylic acids is 1. The molecule has 1 unspecified atom stereocenters. The second kappa shape index (κ2) is 5.48. The number of hydrogen-bond acceptors (Lipinski definition) is 5. The maximum absolute atomic E-state index is 9.82. The first kappa shape index (κ1) is 10.8. The molecule has 7 heteroatoms. The zero-order valence-electron chi connectivity index (χ0n) is 5.86. The minimum Gasteiger partial charge on any atom is -0.542 e. The topological polar surface area (TPSA) is 95.9 Å². The first-order chi connectivity index (χ1) is 5.56. The van der Waals surface area contributed by atoms with Crippen LogP contribution in [0.3, 0.4) is 0 Å². The summed E-state index contributed by atoms with van der Waals surface area (Å²) in [6.07, 6.45) is -4.31. The van der Waals surface area contributed by atoms with Gasteiger partial charge in [-0.05, 0) is 0 Å². The fourth-order valence-electron chi connectivity index (χ4n) is 0.410. The SMILES string of the molecule is O=C([O-])OC(CCl)COC(=O)O. The van der Waals surface area contributed by atoms with Crippen molar-refractivity contribution in [1.29, 1.82) is 0 Å². The molecule has 6 nitrogen and oxygen atoms in total. The van der Waals surface area contributed by atoms with Gasteiger partial charge in [-0.15, -0.1) is 11.6 Å². The fourth-order valence-corrected chi connectivity index (χ4v) is 0.562. The summed E-state index contributed by atoms with van der Waals surface area (Å²) in [5.41, 5.74) is 0. The van der Waals surface area contributed by atoms with Crippen molar-refractivity contribution in [1.82, 2.24) is 0 Å². The maximum Gasteiger partial charge on any atom is 0.505 e. The highest BCUT2D eigenvalue weighted by Crippen LogP contribution is 1.96. The summed E-state index contributed by atoms with van der Waals surface area (Å²) in [6.45, 7) is -0.438. The Morgan fingerprint density at radius 1 is 1.58 bits per heavy atom. The molecular formula is C5H6ClO6-. The molecular weight excluding hydrogens is 192 g/mol. The predicted octanol–water partition coefficient (Wildman–Crippen LogP) is -0.352. The standard InChI is InChI=1S/C5H7ClO6/c6-1-3(12-5(9)10)2-11-4(7)8/h3H,1-2H2,(H,7,8)(H,9,10)/p-1. The predicted molar refractivity (Wildman–Crippen MR) is 35.0 cm³/mol. The molecule has 0 aromatic rings. The first-order valence-electron chi connectivity index (χ1n) is 2.85. The Hall–Kier alpha value is -1.17. The molecule has 0 aliphatic rings. The van der Waals surface area contributed by atoms with E-state index < -0.39 is 25.0 Å². The van der Waals surface area contributed by atoms with Gasteiger partial charge >= 0.3 is 6.16 Å². The van der Waals surface area contributed by atoms with E-state index in [1.54, 1.807) is 0 Å². The number of ether oxygens (including phenoxy) is 2. The Labute approximate surface area is 72.6 Å². The van der Waals surface area contributed by atoms with E-state index in [0.717, 1.165) is 0 Å². The van der Waals surface area contributed by atoms with Gasteiger partial charge < -0.3 is 24.5 Å². The van der Waals surface area contributed by atoms with Crippen molar-refractivity contribution in [2.24, 2.45) is 0 Å². The van der Waals surface area contributed by atoms with Crippen LogP contribution in [0.25, 0.3) is 0 Å². The van der Waals surface area contributed by atoms with Crippen molar-refractivity contribution in [2.45, 2.75) is 6.10 Å². The largest absolute Gasteiger partial charge is 0.542 e. The Kier molecular flexibility index (Phi) is 4.94. The number of halogens is 1. The van der Waals surface area contributed by atoms with Crippen LogP contribution < -0.4 is 5.11 Å². The molecule has 1 N–H and O–H groups in total. The van der Waals surface area contributed by atoms with Crippen LogP contribution in [0.5, 0.6) is 0 Å². The third-order valence-corrected chi connectivity index (χ3v) is 1.17. The third-order valence-electron chi connectivity index (χ3n) is 0.828. The number of rotatable bonds is 4. The highest BCUT2D eigenvalue weighted by Gasteiger charge is 2.08. The first-order valence-corrected chi connectivity index (χ1v) is 3.39. The number of carbonyl (C=O) groups is 2. The molecule has 0 heterocycles. The molecule has 0 bridgehead atoms. The van der Waals surface area contributed by atoms with Crippen LogP contribution >= 0.6 is 11.6 Å². The van der Waals surface area contributed by atoms with Crippen molar-refractivity contribution in [2.75, 3.05) is 12.5 Å². The molecule has 0 saturated carbocycles. The van der Waals surface area contributed by atoms with Crippen molar-refractivity contribution < 1.29 is 29.3 Å². The zero-order valence-corrected chi connectivity index (χ0v) is 6.61. The Balaban J connectivity index is 3.67. The normalized spacial score (nSPS) is 11.8. The van der Waals surface area contributed by atoms with E-state index in [1.807, 2.05) is 0 Å². The van der Waals surface area contributed by atoms with E-state index in [-0.39, 0.29) is 5.88 Å². The summed E-state index contributed by atoms with van der Waals surface area (Å²) in [6, 6.07) is 0. The third kappa shape index (κ3) is 5.60. The van der Waals surface area contributed by atoms with E-state index in [0.29, 0.717) is 0 Å². The van der Waals surface area contributed by atoms with E-state index in [1.165, 1.54) is 0 Å². The molecule has 0 aromatic carbocycles.